The number of fused-ring (bicyclic) bond motifs is 1. The number of carbonyl (C=O) groups excluding carboxylic acids is 1. The highest BCUT2D eigenvalue weighted by atomic mass is 16.3. The normalized spacial score (nSPS) is 34.1. The van der Waals surface area contributed by atoms with Crippen molar-refractivity contribution in [3.63, 3.8) is 0 Å². The van der Waals surface area contributed by atoms with Crippen molar-refractivity contribution in [1.82, 2.24) is 4.90 Å². The lowest BCUT2D eigenvalue weighted by molar-refractivity contribution is -0.127. The first-order valence-electron chi connectivity index (χ1n) is 8.37. The number of phenolic OH excluding ortho intramolecular Hbond substituents is 2. The molecule has 2 N–H and O–H groups in total. The van der Waals surface area contributed by atoms with E-state index >= 15 is 0 Å². The second-order valence-corrected chi connectivity index (χ2v) is 7.13. The largest absolute Gasteiger partial charge is 0.504 e. The van der Waals surface area contributed by atoms with Gasteiger partial charge in [0.2, 0.25) is 0 Å². The van der Waals surface area contributed by atoms with Gasteiger partial charge in [-0.2, -0.15) is 0 Å². The van der Waals surface area contributed by atoms with E-state index in [1.54, 1.807) is 6.07 Å². The highest BCUT2D eigenvalue weighted by Crippen LogP contribution is 2.57. The molecule has 4 heteroatoms. The summed E-state index contributed by atoms with van der Waals surface area (Å²) in [5.41, 5.74) is 1.87. The van der Waals surface area contributed by atoms with Gasteiger partial charge in [-0.1, -0.05) is 13.0 Å². The van der Waals surface area contributed by atoms with Gasteiger partial charge in [-0.25, -0.2) is 0 Å². The van der Waals surface area contributed by atoms with Crippen molar-refractivity contribution < 1.29 is 15.0 Å². The van der Waals surface area contributed by atoms with Gasteiger partial charge in [-0.15, -0.1) is 0 Å². The molecular weight excluding hydrogens is 278 g/mol. The summed E-state index contributed by atoms with van der Waals surface area (Å²) in [6.45, 7) is 4.20. The van der Waals surface area contributed by atoms with Crippen LogP contribution < -0.4 is 0 Å². The molecule has 1 aromatic carbocycles. The maximum Gasteiger partial charge on any atom is 0.161 e. The molecular formula is C18H23NO3. The fourth-order valence-corrected chi connectivity index (χ4v) is 5.36. The van der Waals surface area contributed by atoms with Crippen LogP contribution in [0.4, 0.5) is 0 Å². The van der Waals surface area contributed by atoms with Gasteiger partial charge in [0, 0.05) is 29.9 Å². The number of hydrogen-bond acceptors (Lipinski definition) is 4. The van der Waals surface area contributed by atoms with Crippen LogP contribution in [-0.2, 0) is 16.6 Å². The Morgan fingerprint density at radius 2 is 2.18 bits per heavy atom. The first-order chi connectivity index (χ1) is 10.6. The number of likely N-dealkylation sites (tertiary alicyclic amines) is 1. The molecule has 1 saturated heterocycles. The molecule has 0 amide bonds. The Bertz CT molecular complexity index is 641. The summed E-state index contributed by atoms with van der Waals surface area (Å²) in [6.07, 6.45) is 4.01. The lowest BCUT2D eigenvalue weighted by atomic mass is 9.52. The van der Waals surface area contributed by atoms with E-state index in [4.69, 9.17) is 0 Å². The number of rotatable bonds is 1. The first kappa shape index (κ1) is 14.1. The zero-order chi connectivity index (χ0) is 15.5. The molecule has 1 aliphatic heterocycles. The van der Waals surface area contributed by atoms with E-state index in [-0.39, 0.29) is 16.9 Å². The summed E-state index contributed by atoms with van der Waals surface area (Å²) >= 11 is 0. The van der Waals surface area contributed by atoms with Crippen LogP contribution in [0.15, 0.2) is 12.1 Å². The molecule has 1 heterocycles. The van der Waals surface area contributed by atoms with E-state index in [2.05, 4.69) is 11.8 Å². The fourth-order valence-electron chi connectivity index (χ4n) is 5.36. The van der Waals surface area contributed by atoms with Gasteiger partial charge in [0.15, 0.2) is 11.5 Å². The van der Waals surface area contributed by atoms with Crippen LogP contribution in [0.1, 0.15) is 43.7 Å². The van der Waals surface area contributed by atoms with E-state index < -0.39 is 0 Å². The van der Waals surface area contributed by atoms with Crippen molar-refractivity contribution >= 4 is 5.78 Å². The Morgan fingerprint density at radius 1 is 1.36 bits per heavy atom. The number of benzene rings is 1. The van der Waals surface area contributed by atoms with Crippen LogP contribution in [-0.4, -0.2) is 40.0 Å². The minimum Gasteiger partial charge on any atom is -0.504 e. The molecule has 0 unspecified atom stereocenters. The molecule has 4 rings (SSSR count). The van der Waals surface area contributed by atoms with E-state index in [1.165, 1.54) is 0 Å². The summed E-state index contributed by atoms with van der Waals surface area (Å²) in [4.78, 5) is 14.7. The van der Waals surface area contributed by atoms with E-state index in [0.29, 0.717) is 30.6 Å². The smallest absolute Gasteiger partial charge is 0.161 e. The molecule has 2 aliphatic carbocycles. The number of piperidine rings is 1. The Morgan fingerprint density at radius 3 is 2.95 bits per heavy atom. The lowest BCUT2D eigenvalue weighted by Crippen LogP contribution is -2.61. The molecule has 1 aromatic rings. The van der Waals surface area contributed by atoms with Crippen LogP contribution in [0.2, 0.25) is 0 Å². The second kappa shape index (κ2) is 4.72. The number of nitrogens with zero attached hydrogens (tertiary/aromatic N) is 1. The predicted octanol–water partition coefficient (Wildman–Crippen LogP) is 2.36. The number of hydrogen-bond donors (Lipinski definition) is 2. The van der Waals surface area contributed by atoms with Gasteiger partial charge in [0.25, 0.3) is 0 Å². The number of phenols is 2. The van der Waals surface area contributed by atoms with Gasteiger partial charge in [0.05, 0.1) is 0 Å². The van der Waals surface area contributed by atoms with E-state index in [1.807, 2.05) is 6.07 Å². The van der Waals surface area contributed by atoms with Crippen molar-refractivity contribution in [2.75, 3.05) is 13.1 Å². The molecule has 3 aliphatic rings. The number of carbonyl (C=O) groups is 1. The molecule has 2 fully saturated rings. The van der Waals surface area contributed by atoms with Crippen molar-refractivity contribution in [3.8, 4) is 11.5 Å². The van der Waals surface area contributed by atoms with Gasteiger partial charge in [0.1, 0.15) is 5.78 Å². The maximum atomic E-state index is 12.2. The number of likely N-dealkylation sites (N-methyl/N-ethyl adjacent to an activating group) is 1. The third kappa shape index (κ3) is 1.70. The quantitative estimate of drug-likeness (QED) is 0.782. The van der Waals surface area contributed by atoms with Gasteiger partial charge < -0.3 is 10.2 Å². The summed E-state index contributed by atoms with van der Waals surface area (Å²) in [7, 11) is 0. The van der Waals surface area contributed by atoms with Crippen LogP contribution in [0.25, 0.3) is 0 Å². The van der Waals surface area contributed by atoms with Crippen molar-refractivity contribution in [2.24, 2.45) is 5.92 Å². The van der Waals surface area contributed by atoms with Crippen LogP contribution in [0.3, 0.4) is 0 Å². The molecule has 0 spiro atoms. The molecule has 4 nitrogen and oxygen atoms in total. The topological polar surface area (TPSA) is 60.8 Å². The fraction of sp³-hybridized carbons (Fsp3) is 0.611. The van der Waals surface area contributed by atoms with Gasteiger partial charge >= 0.3 is 0 Å². The van der Waals surface area contributed by atoms with Gasteiger partial charge in [-0.05, 0) is 49.9 Å². The third-order valence-electron chi connectivity index (χ3n) is 6.35. The standard InChI is InChI=1S/C18H23NO3/c1-2-19-8-7-18-10-11(20)3-4-14(18)15(19)9-12-13(18)5-6-16(21)17(12)22/h5-6,14-15,21-22H,2-4,7-10H2,1H3/t14-,15+,18+/m0/s1. The number of aromatic hydroxyl groups is 2. The second-order valence-electron chi connectivity index (χ2n) is 7.13. The number of ketones is 1. The highest BCUT2D eigenvalue weighted by molar-refractivity contribution is 5.82. The van der Waals surface area contributed by atoms with Crippen LogP contribution >= 0.6 is 0 Å². The van der Waals surface area contributed by atoms with Gasteiger partial charge in [-0.3, -0.25) is 9.69 Å². The summed E-state index contributed by atoms with van der Waals surface area (Å²) in [6, 6.07) is 3.92. The molecule has 2 bridgehead atoms. The van der Waals surface area contributed by atoms with E-state index in [9.17, 15) is 15.0 Å². The Balaban J connectivity index is 1.92. The Hall–Kier alpha value is -1.55. The molecule has 0 radical (unpaired) electrons. The lowest BCUT2D eigenvalue weighted by Gasteiger charge is -2.58. The summed E-state index contributed by atoms with van der Waals surface area (Å²) in [5.74, 6) is 0.823. The average molecular weight is 301 g/mol. The van der Waals surface area contributed by atoms with Crippen LogP contribution in [0, 0.1) is 5.92 Å². The minimum atomic E-state index is -0.121. The molecule has 118 valence electrons. The average Bonchev–Trinajstić information content (AvgIpc) is 2.50. The summed E-state index contributed by atoms with van der Waals surface area (Å²) < 4.78 is 0. The zero-order valence-electron chi connectivity index (χ0n) is 13.0. The van der Waals surface area contributed by atoms with E-state index in [0.717, 1.165) is 43.5 Å². The molecule has 1 saturated carbocycles. The first-order valence-corrected chi connectivity index (χ1v) is 8.37. The number of Topliss-reactive ketones (excluding diaryl/α,β-unsaturated/α-hetero) is 1. The third-order valence-corrected chi connectivity index (χ3v) is 6.35. The SMILES string of the molecule is CCN1CC[C@]23CC(=O)CC[C@H]2[C@H]1Cc1c3ccc(O)c1O. The maximum absolute atomic E-state index is 12.2. The van der Waals surface area contributed by atoms with Crippen molar-refractivity contribution in [2.45, 2.75) is 50.5 Å². The molecule has 3 atom stereocenters. The van der Waals surface area contributed by atoms with Crippen molar-refractivity contribution in [3.05, 3.63) is 23.3 Å². The zero-order valence-corrected chi connectivity index (χ0v) is 13.0. The Labute approximate surface area is 130 Å². The van der Waals surface area contributed by atoms with Crippen molar-refractivity contribution in [1.29, 1.82) is 0 Å². The molecule has 0 aromatic heterocycles. The summed E-state index contributed by atoms with van der Waals surface area (Å²) in [5, 5.41) is 20.2. The monoisotopic (exact) mass is 301 g/mol. The molecule has 22 heavy (non-hydrogen) atoms. The Kier molecular flexibility index (Phi) is 3.02. The minimum absolute atomic E-state index is 0.0244. The highest BCUT2D eigenvalue weighted by Gasteiger charge is 2.55. The predicted molar refractivity (Wildman–Crippen MR) is 83.2 cm³/mol. The van der Waals surface area contributed by atoms with Crippen LogP contribution in [0.5, 0.6) is 11.5 Å².